The van der Waals surface area contributed by atoms with Gasteiger partial charge in [0.1, 0.15) is 0 Å². The molecule has 3 rings (SSSR count). The van der Waals surface area contributed by atoms with E-state index in [1.54, 1.807) is 18.0 Å². The first-order valence-electron chi connectivity index (χ1n) is 6.40. The summed E-state index contributed by atoms with van der Waals surface area (Å²) in [6, 6.07) is 12.6. The molecular weight excluding hydrogens is 266 g/mol. The lowest BCUT2D eigenvalue weighted by atomic mass is 10.1. The van der Waals surface area contributed by atoms with E-state index < -0.39 is 0 Å². The number of thioether (sulfide) groups is 1. The van der Waals surface area contributed by atoms with Gasteiger partial charge in [0.05, 0.1) is 12.0 Å². The third kappa shape index (κ3) is 2.91. The van der Waals surface area contributed by atoms with Crippen LogP contribution in [0.5, 0.6) is 0 Å². The molecule has 0 saturated carbocycles. The summed E-state index contributed by atoms with van der Waals surface area (Å²) in [5.41, 5.74) is 3.34. The minimum Gasteiger partial charge on any atom is -0.333 e. The first-order chi connectivity index (χ1) is 9.85. The van der Waals surface area contributed by atoms with Crippen LogP contribution in [0.3, 0.4) is 0 Å². The Hall–Kier alpha value is -2.07. The third-order valence-corrected chi connectivity index (χ3v) is 3.84. The maximum atomic E-state index is 4.56. The maximum Gasteiger partial charge on any atom is 0.0949 e. The molecular formula is C16H15N3S. The molecule has 0 aliphatic rings. The molecule has 0 radical (unpaired) electrons. The quantitative estimate of drug-likeness (QED) is 0.683. The van der Waals surface area contributed by atoms with Crippen LogP contribution < -0.4 is 0 Å². The van der Waals surface area contributed by atoms with Gasteiger partial charge in [-0.2, -0.15) is 0 Å². The van der Waals surface area contributed by atoms with E-state index in [4.69, 9.17) is 0 Å². The highest BCUT2D eigenvalue weighted by Crippen LogP contribution is 2.23. The minimum absolute atomic E-state index is 0.804. The Morgan fingerprint density at radius 1 is 1.20 bits per heavy atom. The number of hydrogen-bond donors (Lipinski definition) is 0. The summed E-state index contributed by atoms with van der Waals surface area (Å²) in [6.45, 7) is 0.804. The van der Waals surface area contributed by atoms with Gasteiger partial charge in [0.25, 0.3) is 0 Å². The van der Waals surface area contributed by atoms with Crippen molar-refractivity contribution in [1.82, 2.24) is 14.5 Å². The van der Waals surface area contributed by atoms with E-state index in [0.717, 1.165) is 17.8 Å². The first kappa shape index (κ1) is 12.9. The summed E-state index contributed by atoms with van der Waals surface area (Å²) in [5, 5.41) is 0. The molecule has 4 heteroatoms. The van der Waals surface area contributed by atoms with Crippen LogP contribution in [0.1, 0.15) is 5.56 Å². The summed E-state index contributed by atoms with van der Waals surface area (Å²) in [7, 11) is 0. The Kier molecular flexibility index (Phi) is 3.83. The second-order valence-electron chi connectivity index (χ2n) is 4.52. The number of pyridine rings is 1. The van der Waals surface area contributed by atoms with E-state index in [9.17, 15) is 0 Å². The number of benzene rings is 1. The number of imidazole rings is 1. The number of rotatable bonds is 4. The maximum absolute atomic E-state index is 4.56. The normalized spacial score (nSPS) is 10.7. The van der Waals surface area contributed by atoms with Crippen LogP contribution in [0.2, 0.25) is 0 Å². The van der Waals surface area contributed by atoms with E-state index in [1.807, 2.05) is 23.3 Å². The summed E-state index contributed by atoms with van der Waals surface area (Å²) < 4.78 is 2.03. The largest absolute Gasteiger partial charge is 0.333 e. The number of nitrogens with zero attached hydrogens (tertiary/aromatic N) is 3. The van der Waals surface area contributed by atoms with Crippen molar-refractivity contribution in [3.63, 3.8) is 0 Å². The standard InChI is InChI=1S/C16H15N3S/c1-20-15-4-2-3-14(9-15)16-6-5-13(10-18-16)11-19-8-7-17-12-19/h2-10,12H,11H2,1H3. The van der Waals surface area contributed by atoms with Gasteiger partial charge in [-0.1, -0.05) is 18.2 Å². The van der Waals surface area contributed by atoms with Crippen molar-refractivity contribution in [3.8, 4) is 11.3 Å². The van der Waals surface area contributed by atoms with Crippen molar-refractivity contribution in [2.45, 2.75) is 11.4 Å². The average molecular weight is 281 g/mol. The summed E-state index contributed by atoms with van der Waals surface area (Å²) in [6.07, 6.45) is 9.57. The molecule has 20 heavy (non-hydrogen) atoms. The molecule has 3 nitrogen and oxygen atoms in total. The van der Waals surface area contributed by atoms with Gasteiger partial charge in [0.2, 0.25) is 0 Å². The molecule has 3 aromatic rings. The Morgan fingerprint density at radius 3 is 2.85 bits per heavy atom. The van der Waals surface area contributed by atoms with E-state index in [1.165, 1.54) is 10.5 Å². The Labute approximate surface area is 122 Å². The van der Waals surface area contributed by atoms with E-state index in [-0.39, 0.29) is 0 Å². The lowest BCUT2D eigenvalue weighted by Gasteiger charge is -2.05. The molecule has 0 aliphatic carbocycles. The van der Waals surface area contributed by atoms with Gasteiger partial charge < -0.3 is 4.57 Å². The van der Waals surface area contributed by atoms with Gasteiger partial charge in [-0.3, -0.25) is 4.98 Å². The van der Waals surface area contributed by atoms with Crippen molar-refractivity contribution >= 4 is 11.8 Å². The van der Waals surface area contributed by atoms with Crippen LogP contribution in [-0.2, 0) is 6.54 Å². The zero-order valence-corrected chi connectivity index (χ0v) is 12.0. The summed E-state index contributed by atoms with van der Waals surface area (Å²) >= 11 is 1.75. The second-order valence-corrected chi connectivity index (χ2v) is 5.40. The average Bonchev–Trinajstić information content (AvgIpc) is 3.01. The fourth-order valence-electron chi connectivity index (χ4n) is 2.06. The van der Waals surface area contributed by atoms with E-state index >= 15 is 0 Å². The molecule has 0 fully saturated rings. The third-order valence-electron chi connectivity index (χ3n) is 3.11. The molecule has 0 spiro atoms. The minimum atomic E-state index is 0.804. The van der Waals surface area contributed by atoms with E-state index in [0.29, 0.717) is 0 Å². The van der Waals surface area contributed by atoms with Gasteiger partial charge in [-0.15, -0.1) is 11.8 Å². The number of aromatic nitrogens is 3. The second kappa shape index (κ2) is 5.92. The highest BCUT2D eigenvalue weighted by Gasteiger charge is 2.01. The van der Waals surface area contributed by atoms with Gasteiger partial charge in [0, 0.05) is 35.6 Å². The van der Waals surface area contributed by atoms with Crippen LogP contribution in [0, 0.1) is 0 Å². The zero-order chi connectivity index (χ0) is 13.8. The molecule has 0 amide bonds. The highest BCUT2D eigenvalue weighted by molar-refractivity contribution is 7.98. The summed E-state index contributed by atoms with van der Waals surface area (Å²) in [5.74, 6) is 0. The fraction of sp³-hybridized carbons (Fsp3) is 0.125. The molecule has 2 heterocycles. The van der Waals surface area contributed by atoms with Crippen molar-refractivity contribution < 1.29 is 0 Å². The van der Waals surface area contributed by atoms with Gasteiger partial charge in [0.15, 0.2) is 0 Å². The molecule has 0 saturated heterocycles. The lowest BCUT2D eigenvalue weighted by Crippen LogP contribution is -1.97. The Balaban J connectivity index is 1.81. The van der Waals surface area contributed by atoms with Gasteiger partial charge in [-0.25, -0.2) is 4.98 Å². The molecule has 2 aromatic heterocycles. The van der Waals surface area contributed by atoms with Crippen molar-refractivity contribution in [2.24, 2.45) is 0 Å². The highest BCUT2D eigenvalue weighted by atomic mass is 32.2. The molecule has 0 aliphatic heterocycles. The summed E-state index contributed by atoms with van der Waals surface area (Å²) in [4.78, 5) is 9.86. The number of hydrogen-bond acceptors (Lipinski definition) is 3. The Bertz CT molecular complexity index is 675. The SMILES string of the molecule is CSc1cccc(-c2ccc(Cn3ccnc3)cn2)c1. The molecule has 0 atom stereocenters. The van der Waals surface area contributed by atoms with Crippen LogP contribution in [0.25, 0.3) is 11.3 Å². The molecule has 100 valence electrons. The van der Waals surface area contributed by atoms with Crippen molar-refractivity contribution in [1.29, 1.82) is 0 Å². The van der Waals surface area contributed by atoms with Crippen molar-refractivity contribution in [3.05, 3.63) is 66.9 Å². The zero-order valence-electron chi connectivity index (χ0n) is 11.2. The lowest BCUT2D eigenvalue weighted by molar-refractivity contribution is 0.793. The molecule has 0 bridgehead atoms. The van der Waals surface area contributed by atoms with Crippen LogP contribution >= 0.6 is 11.8 Å². The molecule has 1 aromatic carbocycles. The van der Waals surface area contributed by atoms with E-state index in [2.05, 4.69) is 52.6 Å². The predicted molar refractivity (Wildman–Crippen MR) is 82.8 cm³/mol. The van der Waals surface area contributed by atoms with Crippen LogP contribution in [0.4, 0.5) is 0 Å². The monoisotopic (exact) mass is 281 g/mol. The van der Waals surface area contributed by atoms with Gasteiger partial charge >= 0.3 is 0 Å². The van der Waals surface area contributed by atoms with Crippen LogP contribution in [0.15, 0.2) is 66.2 Å². The first-order valence-corrected chi connectivity index (χ1v) is 7.63. The fourth-order valence-corrected chi connectivity index (χ4v) is 2.52. The molecule has 0 unspecified atom stereocenters. The smallest absolute Gasteiger partial charge is 0.0949 e. The topological polar surface area (TPSA) is 30.7 Å². The predicted octanol–water partition coefficient (Wildman–Crippen LogP) is 3.72. The molecule has 0 N–H and O–H groups in total. The Morgan fingerprint density at radius 2 is 2.15 bits per heavy atom. The van der Waals surface area contributed by atoms with Crippen molar-refractivity contribution in [2.75, 3.05) is 6.26 Å². The van der Waals surface area contributed by atoms with Gasteiger partial charge in [-0.05, 0) is 30.0 Å². The van der Waals surface area contributed by atoms with Crippen LogP contribution in [-0.4, -0.2) is 20.8 Å².